The molecule has 0 amide bonds. The molecule has 80 valence electrons. The second-order valence-corrected chi connectivity index (χ2v) is 5.18. The summed E-state index contributed by atoms with van der Waals surface area (Å²) in [5.41, 5.74) is 3.14. The zero-order valence-electron chi connectivity index (χ0n) is 8.34. The molecule has 0 unspecified atom stereocenters. The van der Waals surface area contributed by atoms with E-state index in [2.05, 4.69) is 50.1 Å². The lowest BCUT2D eigenvalue weighted by atomic mass is 10.1. The molecular formula is C13H8Br2O. The van der Waals surface area contributed by atoms with Crippen LogP contribution >= 0.6 is 31.9 Å². The van der Waals surface area contributed by atoms with Crippen molar-refractivity contribution in [3.05, 3.63) is 46.4 Å². The molecule has 1 nitrogen and oxygen atoms in total. The van der Waals surface area contributed by atoms with Crippen molar-refractivity contribution in [2.45, 2.75) is 5.33 Å². The third kappa shape index (κ3) is 1.59. The summed E-state index contributed by atoms with van der Waals surface area (Å²) in [5.74, 6) is 0. The third-order valence-electron chi connectivity index (χ3n) is 2.65. The predicted octanol–water partition coefficient (Wildman–Crippen LogP) is 5.24. The molecule has 0 aliphatic heterocycles. The van der Waals surface area contributed by atoms with Crippen LogP contribution in [0.5, 0.6) is 0 Å². The third-order valence-corrected chi connectivity index (χ3v) is 3.79. The van der Waals surface area contributed by atoms with Crippen molar-refractivity contribution < 1.29 is 4.42 Å². The molecule has 0 N–H and O–H groups in total. The monoisotopic (exact) mass is 338 g/mol. The number of furan rings is 1. The van der Waals surface area contributed by atoms with Crippen molar-refractivity contribution in [3.8, 4) is 0 Å². The Labute approximate surface area is 110 Å². The van der Waals surface area contributed by atoms with Crippen molar-refractivity contribution in [2.24, 2.45) is 0 Å². The van der Waals surface area contributed by atoms with E-state index in [-0.39, 0.29) is 0 Å². The summed E-state index contributed by atoms with van der Waals surface area (Å²) in [5, 5.41) is 3.20. The van der Waals surface area contributed by atoms with E-state index in [0.29, 0.717) is 0 Å². The first-order valence-corrected chi connectivity index (χ1v) is 6.86. The fraction of sp³-hybridized carbons (Fsp3) is 0.0769. The Hall–Kier alpha value is -0.800. The molecule has 0 aliphatic rings. The first-order chi connectivity index (χ1) is 7.78. The van der Waals surface area contributed by atoms with Crippen LogP contribution < -0.4 is 0 Å². The van der Waals surface area contributed by atoms with E-state index >= 15 is 0 Å². The Kier molecular flexibility index (Phi) is 2.52. The summed E-state index contributed by atoms with van der Waals surface area (Å²) in [6.07, 6.45) is 0. The maximum atomic E-state index is 5.77. The SMILES string of the molecule is BrCc1ccc2oc3ccc(Br)cc3c2c1. The van der Waals surface area contributed by atoms with Gasteiger partial charge in [0.25, 0.3) is 0 Å². The smallest absolute Gasteiger partial charge is 0.135 e. The first-order valence-electron chi connectivity index (χ1n) is 4.94. The lowest BCUT2D eigenvalue weighted by molar-refractivity contribution is 0.669. The highest BCUT2D eigenvalue weighted by Gasteiger charge is 2.07. The van der Waals surface area contributed by atoms with Gasteiger partial charge in [-0.3, -0.25) is 0 Å². The van der Waals surface area contributed by atoms with E-state index in [0.717, 1.165) is 26.4 Å². The van der Waals surface area contributed by atoms with Crippen molar-refractivity contribution >= 4 is 53.8 Å². The van der Waals surface area contributed by atoms with Crippen LogP contribution in [-0.4, -0.2) is 0 Å². The van der Waals surface area contributed by atoms with Gasteiger partial charge in [-0.25, -0.2) is 0 Å². The van der Waals surface area contributed by atoms with Crippen LogP contribution in [0.15, 0.2) is 45.3 Å². The minimum atomic E-state index is 0.865. The molecular weight excluding hydrogens is 332 g/mol. The van der Waals surface area contributed by atoms with Crippen LogP contribution in [0.1, 0.15) is 5.56 Å². The molecule has 1 aromatic heterocycles. The number of hydrogen-bond donors (Lipinski definition) is 0. The second kappa shape index (κ2) is 3.90. The van der Waals surface area contributed by atoms with E-state index in [4.69, 9.17) is 4.42 Å². The van der Waals surface area contributed by atoms with Gasteiger partial charge in [-0.05, 0) is 35.9 Å². The first kappa shape index (κ1) is 10.4. The Balaban J connectivity index is 2.44. The van der Waals surface area contributed by atoms with Crippen molar-refractivity contribution in [3.63, 3.8) is 0 Å². The minimum Gasteiger partial charge on any atom is -0.456 e. The zero-order chi connectivity index (χ0) is 11.1. The summed E-state index contributed by atoms with van der Waals surface area (Å²) < 4.78 is 6.85. The summed E-state index contributed by atoms with van der Waals surface area (Å²) in [7, 11) is 0. The fourth-order valence-electron chi connectivity index (χ4n) is 1.88. The molecule has 0 radical (unpaired) electrons. The molecule has 1 heterocycles. The molecule has 16 heavy (non-hydrogen) atoms. The molecule has 0 spiro atoms. The molecule has 0 bridgehead atoms. The molecule has 0 saturated heterocycles. The highest BCUT2D eigenvalue weighted by Crippen LogP contribution is 2.31. The average Bonchev–Trinajstić information content (AvgIpc) is 2.66. The van der Waals surface area contributed by atoms with Crippen LogP contribution in [-0.2, 0) is 5.33 Å². The Morgan fingerprint density at radius 3 is 2.38 bits per heavy atom. The standard InChI is InChI=1S/C13H8Br2O/c14-7-8-1-3-12-10(5-8)11-6-9(15)2-4-13(11)16-12/h1-6H,7H2. The molecule has 0 fully saturated rings. The second-order valence-electron chi connectivity index (χ2n) is 3.71. The number of rotatable bonds is 1. The number of alkyl halides is 1. The highest BCUT2D eigenvalue weighted by molar-refractivity contribution is 9.10. The maximum Gasteiger partial charge on any atom is 0.135 e. The van der Waals surface area contributed by atoms with Gasteiger partial charge in [0.15, 0.2) is 0 Å². The van der Waals surface area contributed by atoms with E-state index in [9.17, 15) is 0 Å². The van der Waals surface area contributed by atoms with Crippen molar-refractivity contribution in [1.29, 1.82) is 0 Å². The van der Waals surface area contributed by atoms with Crippen LogP contribution in [0, 0.1) is 0 Å². The lowest BCUT2D eigenvalue weighted by Gasteiger charge is -1.94. The van der Waals surface area contributed by atoms with E-state index in [1.165, 1.54) is 10.9 Å². The number of benzene rings is 2. The topological polar surface area (TPSA) is 13.1 Å². The van der Waals surface area contributed by atoms with Gasteiger partial charge >= 0.3 is 0 Å². The Morgan fingerprint density at radius 2 is 1.62 bits per heavy atom. The summed E-state index contributed by atoms with van der Waals surface area (Å²) >= 11 is 6.96. The van der Waals surface area contributed by atoms with Gasteiger partial charge < -0.3 is 4.42 Å². The average molecular weight is 340 g/mol. The van der Waals surface area contributed by atoms with Gasteiger partial charge in [0.05, 0.1) is 0 Å². The Bertz CT molecular complexity index is 670. The molecule has 3 heteroatoms. The van der Waals surface area contributed by atoms with Gasteiger partial charge in [-0.15, -0.1) is 0 Å². The molecule has 0 saturated carbocycles. The van der Waals surface area contributed by atoms with Gasteiger partial charge in [0.2, 0.25) is 0 Å². The number of hydrogen-bond acceptors (Lipinski definition) is 1. The maximum absolute atomic E-state index is 5.77. The molecule has 0 aliphatic carbocycles. The minimum absolute atomic E-state index is 0.865. The number of fused-ring (bicyclic) bond motifs is 3. The molecule has 3 rings (SSSR count). The normalized spacial score (nSPS) is 11.4. The predicted molar refractivity (Wildman–Crippen MR) is 74.1 cm³/mol. The molecule has 3 aromatic rings. The summed E-state index contributed by atoms with van der Waals surface area (Å²) in [4.78, 5) is 0. The van der Waals surface area contributed by atoms with Gasteiger partial charge in [-0.1, -0.05) is 37.9 Å². The van der Waals surface area contributed by atoms with Crippen LogP contribution in [0.4, 0.5) is 0 Å². The molecule has 0 atom stereocenters. The highest BCUT2D eigenvalue weighted by atomic mass is 79.9. The number of halogens is 2. The summed E-state index contributed by atoms with van der Waals surface area (Å²) in [6, 6.07) is 12.4. The van der Waals surface area contributed by atoms with Crippen molar-refractivity contribution in [2.75, 3.05) is 0 Å². The van der Waals surface area contributed by atoms with E-state index in [1.807, 2.05) is 18.2 Å². The fourth-order valence-corrected chi connectivity index (χ4v) is 2.59. The van der Waals surface area contributed by atoms with Gasteiger partial charge in [0, 0.05) is 20.6 Å². The van der Waals surface area contributed by atoms with Gasteiger partial charge in [-0.2, -0.15) is 0 Å². The van der Waals surface area contributed by atoms with E-state index < -0.39 is 0 Å². The van der Waals surface area contributed by atoms with Crippen LogP contribution in [0.25, 0.3) is 21.9 Å². The van der Waals surface area contributed by atoms with Crippen molar-refractivity contribution in [1.82, 2.24) is 0 Å². The quantitative estimate of drug-likeness (QED) is 0.552. The lowest BCUT2D eigenvalue weighted by Crippen LogP contribution is -1.75. The molecule has 2 aromatic carbocycles. The van der Waals surface area contributed by atoms with Crippen LogP contribution in [0.2, 0.25) is 0 Å². The van der Waals surface area contributed by atoms with E-state index in [1.54, 1.807) is 0 Å². The Morgan fingerprint density at radius 1 is 0.938 bits per heavy atom. The largest absolute Gasteiger partial charge is 0.456 e. The zero-order valence-corrected chi connectivity index (χ0v) is 11.5. The summed E-state index contributed by atoms with van der Waals surface area (Å²) in [6.45, 7) is 0. The van der Waals surface area contributed by atoms with Gasteiger partial charge in [0.1, 0.15) is 11.2 Å². The van der Waals surface area contributed by atoms with Crippen LogP contribution in [0.3, 0.4) is 0 Å².